The number of hydrogen-bond donors (Lipinski definition) is 1. The molecule has 0 bridgehead atoms. The fourth-order valence-corrected chi connectivity index (χ4v) is 2.98. The Hall–Kier alpha value is -1.83. The number of carbonyl (C=O) groups excluding carboxylic acids is 2. The summed E-state index contributed by atoms with van der Waals surface area (Å²) in [5.74, 6) is -5.61. The highest BCUT2D eigenvalue weighted by Crippen LogP contribution is 2.45. The van der Waals surface area contributed by atoms with Crippen LogP contribution in [-0.4, -0.2) is 45.7 Å². The highest BCUT2D eigenvalue weighted by atomic mass is 127. The van der Waals surface area contributed by atoms with E-state index in [-0.39, 0.29) is 9.39 Å². The summed E-state index contributed by atoms with van der Waals surface area (Å²) >= 11 is 1.72. The number of carbonyl (C=O) groups is 2. The number of nitrogens with two attached hydrogens (primary N) is 1. The Morgan fingerprint density at radius 2 is 2.04 bits per heavy atom. The van der Waals surface area contributed by atoms with Crippen LogP contribution in [0.3, 0.4) is 0 Å². The van der Waals surface area contributed by atoms with Gasteiger partial charge in [-0.25, -0.2) is 4.79 Å². The van der Waals surface area contributed by atoms with Gasteiger partial charge in [0.1, 0.15) is 18.0 Å². The van der Waals surface area contributed by atoms with Crippen LogP contribution in [0.25, 0.3) is 0 Å². The van der Waals surface area contributed by atoms with Crippen LogP contribution in [0.5, 0.6) is 0 Å². The molecule has 0 aliphatic carbocycles. The minimum Gasteiger partial charge on any atom is -0.460 e. The quantitative estimate of drug-likeness (QED) is 0.490. The van der Waals surface area contributed by atoms with Crippen molar-refractivity contribution in [2.24, 2.45) is 0 Å². The van der Waals surface area contributed by atoms with E-state index < -0.39 is 48.1 Å². The smallest absolute Gasteiger partial charge is 0.351 e. The molecule has 1 unspecified atom stereocenters. The number of alkyl halides is 2. The summed E-state index contributed by atoms with van der Waals surface area (Å²) < 4.78 is 45.5. The van der Waals surface area contributed by atoms with Gasteiger partial charge in [-0.1, -0.05) is 0 Å². The first-order valence-corrected chi connectivity index (χ1v) is 8.45. The van der Waals surface area contributed by atoms with Crippen molar-refractivity contribution in [1.29, 1.82) is 0 Å². The molecule has 0 spiro atoms. The van der Waals surface area contributed by atoms with E-state index in [4.69, 9.17) is 19.9 Å². The van der Waals surface area contributed by atoms with Crippen molar-refractivity contribution >= 4 is 40.3 Å². The monoisotopic (exact) mass is 487 g/mol. The molecule has 0 amide bonds. The molecule has 2 heterocycles. The van der Waals surface area contributed by atoms with Crippen molar-refractivity contribution < 1.29 is 32.6 Å². The van der Waals surface area contributed by atoms with Gasteiger partial charge >= 0.3 is 23.6 Å². The van der Waals surface area contributed by atoms with E-state index >= 15 is 0 Å². The molecular formula is C14H16F2IN3O6. The third kappa shape index (κ3) is 3.95. The molecule has 1 aromatic heterocycles. The molecule has 12 heteroatoms. The summed E-state index contributed by atoms with van der Waals surface area (Å²) in [7, 11) is 0. The zero-order valence-corrected chi connectivity index (χ0v) is 16.1. The Morgan fingerprint density at radius 3 is 2.58 bits per heavy atom. The van der Waals surface area contributed by atoms with Crippen LogP contribution in [0.4, 0.5) is 14.6 Å². The summed E-state index contributed by atoms with van der Waals surface area (Å²) in [6.45, 7) is 3.37. The van der Waals surface area contributed by atoms with Gasteiger partial charge in [0.15, 0.2) is 6.10 Å². The summed E-state index contributed by atoms with van der Waals surface area (Å²) in [6, 6.07) is 0. The lowest BCUT2D eigenvalue weighted by Crippen LogP contribution is -2.46. The Morgan fingerprint density at radius 1 is 1.42 bits per heavy atom. The van der Waals surface area contributed by atoms with E-state index in [1.165, 1.54) is 6.92 Å². The molecule has 0 saturated carbocycles. The minimum absolute atomic E-state index is 0.116. The van der Waals surface area contributed by atoms with E-state index in [0.29, 0.717) is 4.57 Å². The van der Waals surface area contributed by atoms with E-state index in [1.807, 2.05) is 0 Å². The second-order valence-electron chi connectivity index (χ2n) is 5.64. The molecule has 1 aromatic rings. The number of esters is 2. The van der Waals surface area contributed by atoms with Crippen LogP contribution in [0.2, 0.25) is 0 Å². The van der Waals surface area contributed by atoms with E-state index in [2.05, 4.69) is 4.98 Å². The maximum Gasteiger partial charge on any atom is 0.351 e. The predicted molar refractivity (Wildman–Crippen MR) is 91.3 cm³/mol. The summed E-state index contributed by atoms with van der Waals surface area (Å²) in [5, 5.41) is 0. The van der Waals surface area contributed by atoms with E-state index in [1.54, 1.807) is 22.6 Å². The fraction of sp³-hybridized carbons (Fsp3) is 0.571. The second kappa shape index (κ2) is 7.42. The van der Waals surface area contributed by atoms with E-state index in [9.17, 15) is 23.2 Å². The minimum atomic E-state index is -3.80. The second-order valence-corrected chi connectivity index (χ2v) is 6.80. The largest absolute Gasteiger partial charge is 0.460 e. The Balaban J connectivity index is 2.48. The van der Waals surface area contributed by atoms with Crippen LogP contribution in [0.15, 0.2) is 11.0 Å². The number of nitrogens with zero attached hydrogens (tertiary/aromatic N) is 2. The third-order valence-electron chi connectivity index (χ3n) is 3.59. The number of nitrogen functional groups attached to an aromatic ring is 1. The molecule has 1 aliphatic heterocycles. The lowest BCUT2D eigenvalue weighted by molar-refractivity contribution is -0.176. The number of anilines is 1. The number of hydrogen-bond acceptors (Lipinski definition) is 8. The molecule has 1 aliphatic rings. The zero-order valence-electron chi connectivity index (χ0n) is 13.9. The van der Waals surface area contributed by atoms with Crippen molar-refractivity contribution in [3.8, 4) is 0 Å². The molecule has 0 radical (unpaired) electrons. The molecule has 9 nitrogen and oxygen atoms in total. The van der Waals surface area contributed by atoms with Gasteiger partial charge in [0, 0.05) is 20.0 Å². The van der Waals surface area contributed by atoms with Crippen LogP contribution in [0.1, 0.15) is 27.0 Å². The van der Waals surface area contributed by atoms with Gasteiger partial charge in [0.05, 0.1) is 3.57 Å². The standard InChI is InChI=1S/C14H16F2IN3O6/c1-5(24-6(2)21)9-10(25-7(3)22)14(15,16)12(26-9)20-4-8(17)11(18)19-13(20)23/h4-5,9-10,12H,1-3H3,(H2,18,19,23)/t5?,9-,10-,12-/m1/s1. The third-order valence-corrected chi connectivity index (χ3v) is 4.42. The van der Waals surface area contributed by atoms with Crippen LogP contribution in [-0.2, 0) is 23.8 Å². The highest BCUT2D eigenvalue weighted by molar-refractivity contribution is 14.1. The van der Waals surface area contributed by atoms with Crippen molar-refractivity contribution in [1.82, 2.24) is 9.55 Å². The first kappa shape index (κ1) is 20.5. The summed E-state index contributed by atoms with van der Waals surface area (Å²) in [5.41, 5.74) is 4.43. The lowest BCUT2D eigenvalue weighted by Gasteiger charge is -2.25. The van der Waals surface area contributed by atoms with Crippen LogP contribution < -0.4 is 11.4 Å². The number of ether oxygens (including phenoxy) is 3. The number of rotatable bonds is 4. The lowest BCUT2D eigenvalue weighted by atomic mass is 10.1. The maximum atomic E-state index is 14.9. The predicted octanol–water partition coefficient (Wildman–Crippen LogP) is 0.846. The van der Waals surface area contributed by atoms with Crippen molar-refractivity contribution in [3.05, 3.63) is 20.3 Å². The average molecular weight is 487 g/mol. The Kier molecular flexibility index (Phi) is 5.85. The highest BCUT2D eigenvalue weighted by Gasteiger charge is 2.64. The van der Waals surface area contributed by atoms with Crippen molar-refractivity contribution in [2.75, 3.05) is 5.73 Å². The molecule has 144 valence electrons. The topological polar surface area (TPSA) is 123 Å². The van der Waals surface area contributed by atoms with Gasteiger partial charge in [-0.05, 0) is 29.5 Å². The first-order valence-electron chi connectivity index (χ1n) is 7.37. The molecule has 0 aromatic carbocycles. The van der Waals surface area contributed by atoms with Gasteiger partial charge in [-0.3, -0.25) is 14.2 Å². The molecule has 2 N–H and O–H groups in total. The fourth-order valence-electron chi connectivity index (χ4n) is 2.56. The van der Waals surface area contributed by atoms with Crippen molar-refractivity contribution in [3.63, 3.8) is 0 Å². The molecule has 26 heavy (non-hydrogen) atoms. The zero-order chi connectivity index (χ0) is 19.8. The summed E-state index contributed by atoms with van der Waals surface area (Å²) in [4.78, 5) is 37.9. The first-order chi connectivity index (χ1) is 11.9. The van der Waals surface area contributed by atoms with Gasteiger partial charge in [0.2, 0.25) is 6.23 Å². The maximum absolute atomic E-state index is 14.9. The Labute approximate surface area is 159 Å². The Bertz CT molecular complexity index is 786. The molecular weight excluding hydrogens is 471 g/mol. The van der Waals surface area contributed by atoms with Crippen LogP contribution in [0, 0.1) is 3.57 Å². The van der Waals surface area contributed by atoms with Gasteiger partial charge in [0.25, 0.3) is 0 Å². The molecule has 1 fully saturated rings. The normalized spacial score (nSPS) is 25.5. The SMILES string of the molecule is CC(=O)OC(C)[C@H]1O[C@@H](n2cc(I)c(N)nc2=O)C(F)(F)[C@@H]1OC(C)=O. The number of halogens is 3. The summed E-state index contributed by atoms with van der Waals surface area (Å²) in [6.07, 6.45) is -5.78. The molecule has 4 atom stereocenters. The van der Waals surface area contributed by atoms with Gasteiger partial charge in [-0.15, -0.1) is 0 Å². The van der Waals surface area contributed by atoms with Gasteiger partial charge < -0.3 is 19.9 Å². The average Bonchev–Trinajstić information content (AvgIpc) is 2.74. The number of aromatic nitrogens is 2. The molecule has 1 saturated heterocycles. The molecule has 2 rings (SSSR count). The van der Waals surface area contributed by atoms with Crippen molar-refractivity contribution in [2.45, 2.75) is 51.2 Å². The van der Waals surface area contributed by atoms with Crippen LogP contribution >= 0.6 is 22.6 Å². The van der Waals surface area contributed by atoms with Gasteiger partial charge in [-0.2, -0.15) is 13.8 Å². The van der Waals surface area contributed by atoms with E-state index in [0.717, 1.165) is 20.0 Å².